The highest BCUT2D eigenvalue weighted by Crippen LogP contribution is 2.27. The molecule has 0 aliphatic carbocycles. The zero-order chi connectivity index (χ0) is 20.8. The van der Waals surface area contributed by atoms with Crippen molar-refractivity contribution in [3.05, 3.63) is 75.5 Å². The summed E-state index contributed by atoms with van der Waals surface area (Å²) in [5.41, 5.74) is 1.33. The summed E-state index contributed by atoms with van der Waals surface area (Å²) in [5, 5.41) is 2.97. The van der Waals surface area contributed by atoms with Gasteiger partial charge >= 0.3 is 5.97 Å². The van der Waals surface area contributed by atoms with E-state index in [2.05, 4.69) is 4.98 Å². The summed E-state index contributed by atoms with van der Waals surface area (Å²) < 4.78 is 23.7. The largest absolute Gasteiger partial charge is 0.496 e. The van der Waals surface area contributed by atoms with Crippen LogP contribution in [0, 0.1) is 12.7 Å². The predicted octanol–water partition coefficient (Wildman–Crippen LogP) is 4.93. The normalized spacial score (nSPS) is 10.6. The highest BCUT2D eigenvalue weighted by Gasteiger charge is 2.18. The van der Waals surface area contributed by atoms with Gasteiger partial charge < -0.3 is 9.47 Å². The van der Waals surface area contributed by atoms with Crippen LogP contribution in [0.25, 0.3) is 0 Å². The minimum atomic E-state index is -0.619. The zero-order valence-corrected chi connectivity index (χ0v) is 17.4. The average Bonchev–Trinajstić information content (AvgIpc) is 3.15. The number of aryl methyl sites for hydroxylation is 1. The molecule has 0 unspecified atom stereocenters. The molecule has 0 saturated heterocycles. The predicted molar refractivity (Wildman–Crippen MR) is 110 cm³/mol. The van der Waals surface area contributed by atoms with Crippen molar-refractivity contribution < 1.29 is 23.5 Å². The number of ether oxygens (including phenoxy) is 2. The van der Waals surface area contributed by atoms with Gasteiger partial charge in [0.05, 0.1) is 28.9 Å². The summed E-state index contributed by atoms with van der Waals surface area (Å²) in [5.74, 6) is -0.890. The monoisotopic (exact) mass is 431 g/mol. The number of Topliss-reactive ketones (excluding diaryl/α,β-unsaturated/α-hetero) is 1. The number of hydrogen-bond donors (Lipinski definition) is 0. The summed E-state index contributed by atoms with van der Waals surface area (Å²) in [4.78, 5) is 30.1. The smallest absolute Gasteiger partial charge is 0.339 e. The molecule has 1 heterocycles. The Bertz CT molecular complexity index is 1040. The van der Waals surface area contributed by atoms with Crippen LogP contribution in [0.2, 0.25) is 0 Å². The lowest BCUT2D eigenvalue weighted by atomic mass is 10.1. The van der Waals surface area contributed by atoms with Crippen molar-refractivity contribution in [2.45, 2.75) is 17.6 Å². The third-order valence-electron chi connectivity index (χ3n) is 3.95. The molecule has 0 N–H and O–H groups in total. The lowest BCUT2D eigenvalue weighted by Gasteiger charge is -2.10. The number of thioether (sulfide) groups is 1. The quantitative estimate of drug-likeness (QED) is 0.286. The molecule has 0 spiro atoms. The van der Waals surface area contributed by atoms with E-state index in [4.69, 9.17) is 9.47 Å². The van der Waals surface area contributed by atoms with Crippen molar-refractivity contribution in [1.29, 1.82) is 0 Å². The molecular formula is C21H18FNO4S2. The van der Waals surface area contributed by atoms with E-state index >= 15 is 0 Å². The summed E-state index contributed by atoms with van der Waals surface area (Å²) in [7, 11) is 1.38. The molecule has 0 amide bonds. The maximum atomic E-state index is 13.5. The molecule has 0 atom stereocenters. The number of aromatic nitrogens is 1. The number of hydrogen-bond acceptors (Lipinski definition) is 7. The number of carbonyl (C=O) groups excluding carboxylic acids is 2. The fourth-order valence-electron chi connectivity index (χ4n) is 2.57. The molecule has 150 valence electrons. The van der Waals surface area contributed by atoms with E-state index in [0.717, 1.165) is 21.7 Å². The van der Waals surface area contributed by atoms with Gasteiger partial charge in [0.1, 0.15) is 11.6 Å². The van der Waals surface area contributed by atoms with E-state index in [-0.39, 0.29) is 11.3 Å². The van der Waals surface area contributed by atoms with Gasteiger partial charge in [0.2, 0.25) is 5.78 Å². The first-order chi connectivity index (χ1) is 14.0. The second kappa shape index (κ2) is 9.67. The first kappa shape index (κ1) is 21.0. The van der Waals surface area contributed by atoms with Crippen LogP contribution in [0.4, 0.5) is 4.39 Å². The molecule has 8 heteroatoms. The Balaban J connectivity index is 1.66. The Labute approximate surface area is 175 Å². The van der Waals surface area contributed by atoms with Crippen LogP contribution in [-0.2, 0) is 10.5 Å². The minimum Gasteiger partial charge on any atom is -0.496 e. The third kappa shape index (κ3) is 5.42. The molecule has 3 rings (SSSR count). The number of thiazole rings is 1. The fourth-order valence-corrected chi connectivity index (χ4v) is 4.22. The lowest BCUT2D eigenvalue weighted by Crippen LogP contribution is -2.15. The molecular weight excluding hydrogens is 413 g/mol. The molecule has 0 saturated carbocycles. The first-order valence-corrected chi connectivity index (χ1v) is 10.5. The van der Waals surface area contributed by atoms with Gasteiger partial charge in [0, 0.05) is 16.0 Å². The van der Waals surface area contributed by atoms with Crippen molar-refractivity contribution >= 4 is 34.9 Å². The van der Waals surface area contributed by atoms with Crippen molar-refractivity contribution in [3.63, 3.8) is 0 Å². The van der Waals surface area contributed by atoms with Crippen LogP contribution in [0.3, 0.4) is 0 Å². The van der Waals surface area contributed by atoms with Gasteiger partial charge in [-0.05, 0) is 37.3 Å². The van der Waals surface area contributed by atoms with E-state index in [0.29, 0.717) is 11.3 Å². The number of benzene rings is 2. The molecule has 0 radical (unpaired) electrons. The van der Waals surface area contributed by atoms with Gasteiger partial charge in [-0.1, -0.05) is 12.1 Å². The molecule has 0 fully saturated rings. The molecule has 29 heavy (non-hydrogen) atoms. The van der Waals surface area contributed by atoms with Gasteiger partial charge in [0.15, 0.2) is 6.61 Å². The van der Waals surface area contributed by atoms with Crippen molar-refractivity contribution in [1.82, 2.24) is 4.98 Å². The molecule has 0 bridgehead atoms. The Morgan fingerprint density at radius 1 is 1.17 bits per heavy atom. The van der Waals surface area contributed by atoms with Crippen LogP contribution in [0.5, 0.6) is 5.75 Å². The number of halogens is 1. The van der Waals surface area contributed by atoms with E-state index in [1.807, 2.05) is 24.4 Å². The number of esters is 1. The second-order valence-electron chi connectivity index (χ2n) is 5.99. The number of methoxy groups -OCH3 is 1. The molecule has 0 aliphatic heterocycles. The lowest BCUT2D eigenvalue weighted by molar-refractivity contribution is 0.0470. The van der Waals surface area contributed by atoms with Crippen molar-refractivity contribution in [3.8, 4) is 5.75 Å². The second-order valence-corrected chi connectivity index (χ2v) is 8.07. The molecule has 1 aromatic heterocycles. The first-order valence-electron chi connectivity index (χ1n) is 8.64. The van der Waals surface area contributed by atoms with Crippen LogP contribution >= 0.6 is 23.1 Å². The highest BCUT2D eigenvalue weighted by molar-refractivity contribution is 7.98. The summed E-state index contributed by atoms with van der Waals surface area (Å²) >= 11 is 3.04. The molecule has 3 aromatic rings. The fraction of sp³-hybridized carbons (Fsp3) is 0.190. The summed E-state index contributed by atoms with van der Waals surface area (Å²) in [6, 6.07) is 10.6. The van der Waals surface area contributed by atoms with Crippen molar-refractivity contribution in [2.24, 2.45) is 0 Å². The van der Waals surface area contributed by atoms with Crippen LogP contribution in [0.15, 0.2) is 52.7 Å². The summed E-state index contributed by atoms with van der Waals surface area (Å²) in [6.45, 7) is 1.43. The van der Waals surface area contributed by atoms with Crippen LogP contribution in [-0.4, -0.2) is 30.5 Å². The highest BCUT2D eigenvalue weighted by atomic mass is 32.2. The third-order valence-corrected chi connectivity index (χ3v) is 5.87. The number of nitrogens with zero attached hydrogens (tertiary/aromatic N) is 1. The standard InChI is InChI=1S/C21H18FNO4S2/c1-13-23-15(11-28-13)12-29-20-6-4-3-5-16(20)21(25)27-10-18(24)17-9-14(22)7-8-19(17)26-2/h3-9,11H,10,12H2,1-2H3. The van der Waals surface area contributed by atoms with Crippen LogP contribution < -0.4 is 4.74 Å². The SMILES string of the molecule is COc1ccc(F)cc1C(=O)COC(=O)c1ccccc1SCc1csc(C)n1. The van der Waals surface area contributed by atoms with Gasteiger partial charge in [-0.2, -0.15) is 0 Å². The maximum absolute atomic E-state index is 13.5. The molecule has 5 nitrogen and oxygen atoms in total. The number of ketones is 1. The molecule has 2 aromatic carbocycles. The van der Waals surface area contributed by atoms with E-state index in [1.165, 1.54) is 31.0 Å². The summed E-state index contributed by atoms with van der Waals surface area (Å²) in [6.07, 6.45) is 0. The average molecular weight is 432 g/mol. The molecule has 0 aliphatic rings. The van der Waals surface area contributed by atoms with Crippen LogP contribution in [0.1, 0.15) is 31.4 Å². The van der Waals surface area contributed by atoms with E-state index in [9.17, 15) is 14.0 Å². The zero-order valence-electron chi connectivity index (χ0n) is 15.8. The topological polar surface area (TPSA) is 65.5 Å². The Morgan fingerprint density at radius 2 is 1.97 bits per heavy atom. The number of rotatable bonds is 8. The Morgan fingerprint density at radius 3 is 2.69 bits per heavy atom. The Hall–Kier alpha value is -2.71. The van der Waals surface area contributed by atoms with E-state index < -0.39 is 24.2 Å². The maximum Gasteiger partial charge on any atom is 0.339 e. The van der Waals surface area contributed by atoms with Gasteiger partial charge in [0.25, 0.3) is 0 Å². The van der Waals surface area contributed by atoms with Gasteiger partial charge in [-0.3, -0.25) is 4.79 Å². The number of carbonyl (C=O) groups is 2. The van der Waals surface area contributed by atoms with Gasteiger partial charge in [-0.15, -0.1) is 23.1 Å². The van der Waals surface area contributed by atoms with Crippen molar-refractivity contribution in [2.75, 3.05) is 13.7 Å². The van der Waals surface area contributed by atoms with Gasteiger partial charge in [-0.25, -0.2) is 14.2 Å². The minimum absolute atomic E-state index is 0.0295. The van der Waals surface area contributed by atoms with E-state index in [1.54, 1.807) is 23.5 Å². The Kier molecular flexibility index (Phi) is 7.00.